The van der Waals surface area contributed by atoms with Crippen LogP contribution in [0.2, 0.25) is 0 Å². The minimum Gasteiger partial charge on any atom is -0.443 e. The van der Waals surface area contributed by atoms with E-state index >= 15 is 0 Å². The third-order valence-electron chi connectivity index (χ3n) is 8.00. The molecule has 2 amide bonds. The number of ether oxygens (including phenoxy) is 1. The smallest absolute Gasteiger partial charge is 0.416 e. The summed E-state index contributed by atoms with van der Waals surface area (Å²) >= 11 is 0. The van der Waals surface area contributed by atoms with E-state index in [9.17, 15) is 22.8 Å². The van der Waals surface area contributed by atoms with E-state index in [1.54, 1.807) is 63.9 Å². The number of hydrogen-bond donors (Lipinski definition) is 1. The Kier molecular flexibility index (Phi) is 9.60. The molecule has 10 nitrogen and oxygen atoms in total. The molecule has 1 aliphatic rings. The number of carbonyl (C=O) groups is 2. The first-order chi connectivity index (χ1) is 22.1. The zero-order valence-corrected chi connectivity index (χ0v) is 27.5. The predicted molar refractivity (Wildman–Crippen MR) is 175 cm³/mol. The largest absolute Gasteiger partial charge is 0.443 e. The van der Waals surface area contributed by atoms with E-state index in [0.717, 1.165) is 35.5 Å². The normalized spacial score (nSPS) is 14.7. The van der Waals surface area contributed by atoms with Crippen LogP contribution in [0.1, 0.15) is 37.5 Å². The number of amides is 2. The lowest BCUT2D eigenvalue weighted by molar-refractivity contribution is -0.138. The number of fused-ring (bicyclic) bond motifs is 1. The lowest BCUT2D eigenvalue weighted by atomic mass is 10.0. The molecule has 250 valence electrons. The fourth-order valence-corrected chi connectivity index (χ4v) is 5.45. The number of carbonyl (C=O) groups excluding carboxylic acids is 2. The van der Waals surface area contributed by atoms with Crippen molar-refractivity contribution in [3.63, 3.8) is 0 Å². The lowest BCUT2D eigenvalue weighted by Crippen LogP contribution is -2.44. The highest BCUT2D eigenvalue weighted by Gasteiger charge is 2.34. The number of hydrogen-bond acceptors (Lipinski definition) is 7. The molecular weight excluding hydrogens is 611 g/mol. The number of nitrogens with zero attached hydrogens (tertiary/aromatic N) is 6. The predicted octanol–water partition coefficient (Wildman–Crippen LogP) is 5.95. The second-order valence-corrected chi connectivity index (χ2v) is 13.0. The Morgan fingerprint density at radius 3 is 2.36 bits per heavy atom. The molecule has 1 N–H and O–H groups in total. The zero-order valence-electron chi connectivity index (χ0n) is 27.5. The molecule has 5 rings (SSSR count). The van der Waals surface area contributed by atoms with Gasteiger partial charge in [-0.15, -0.1) is 0 Å². The lowest BCUT2D eigenvalue weighted by Gasteiger charge is -2.33. The average molecular weight is 652 g/mol. The Bertz CT molecular complexity index is 1770. The van der Waals surface area contributed by atoms with Crippen LogP contribution in [0.3, 0.4) is 0 Å². The number of pyridine rings is 1. The van der Waals surface area contributed by atoms with Crippen molar-refractivity contribution >= 4 is 34.4 Å². The summed E-state index contributed by atoms with van der Waals surface area (Å²) in [6, 6.07) is 13.4. The van der Waals surface area contributed by atoms with Gasteiger partial charge in [-0.3, -0.25) is 19.3 Å². The Labute approximate surface area is 272 Å². The van der Waals surface area contributed by atoms with Crippen molar-refractivity contribution in [1.82, 2.24) is 24.6 Å². The van der Waals surface area contributed by atoms with Gasteiger partial charge in [-0.1, -0.05) is 24.3 Å². The van der Waals surface area contributed by atoms with Crippen molar-refractivity contribution in [2.24, 2.45) is 7.05 Å². The van der Waals surface area contributed by atoms with Crippen molar-refractivity contribution in [3.8, 4) is 11.3 Å². The fourth-order valence-electron chi connectivity index (χ4n) is 5.45. The van der Waals surface area contributed by atoms with Gasteiger partial charge < -0.3 is 15.0 Å². The van der Waals surface area contributed by atoms with E-state index in [2.05, 4.69) is 20.3 Å². The standard InChI is InChI=1S/C34H40F3N7O3/c1-33(2,3)47-32(46)42(5)30-18-23-9-10-24(17-26(23)20-38-30)28-19-29(40-43(28)6)39-31(45)16-22-7-8-25(27(15-22)34(35,36)37)21-44-13-11-41(4)12-14-44/h7-10,15,17-20H,11-14,16,21H2,1-6H3,(H,39,40,45). The molecular formula is C34H40F3N7O3. The Morgan fingerprint density at radius 1 is 0.957 bits per heavy atom. The summed E-state index contributed by atoms with van der Waals surface area (Å²) < 4.78 is 49.1. The topological polar surface area (TPSA) is 95.8 Å². The summed E-state index contributed by atoms with van der Waals surface area (Å²) in [5.41, 5.74) is 0.657. The van der Waals surface area contributed by atoms with Gasteiger partial charge in [0, 0.05) is 70.0 Å². The van der Waals surface area contributed by atoms with Crippen LogP contribution in [0.4, 0.5) is 29.6 Å². The molecule has 0 bridgehead atoms. The van der Waals surface area contributed by atoms with E-state index in [1.807, 2.05) is 30.1 Å². The molecule has 0 atom stereocenters. The van der Waals surface area contributed by atoms with Gasteiger partial charge in [-0.05, 0) is 62.5 Å². The van der Waals surface area contributed by atoms with Crippen LogP contribution in [0.15, 0.2) is 54.7 Å². The number of rotatable bonds is 7. The molecule has 1 aliphatic heterocycles. The highest BCUT2D eigenvalue weighted by atomic mass is 19.4. The molecule has 2 aromatic carbocycles. The number of nitrogens with one attached hydrogen (secondary N) is 1. The number of piperazine rings is 1. The van der Waals surface area contributed by atoms with E-state index in [1.165, 1.54) is 11.0 Å². The van der Waals surface area contributed by atoms with Gasteiger partial charge in [0.1, 0.15) is 11.4 Å². The first-order valence-corrected chi connectivity index (χ1v) is 15.4. The first-order valence-electron chi connectivity index (χ1n) is 15.4. The van der Waals surface area contributed by atoms with Gasteiger partial charge in [-0.25, -0.2) is 9.78 Å². The molecule has 1 saturated heterocycles. The maximum Gasteiger partial charge on any atom is 0.416 e. The molecule has 47 heavy (non-hydrogen) atoms. The van der Waals surface area contributed by atoms with Crippen LogP contribution in [-0.2, 0) is 35.7 Å². The Hall–Kier alpha value is -4.49. The van der Waals surface area contributed by atoms with Crippen molar-refractivity contribution in [2.75, 3.05) is 50.5 Å². The molecule has 3 heterocycles. The minimum atomic E-state index is -4.53. The second kappa shape index (κ2) is 13.3. The van der Waals surface area contributed by atoms with Crippen molar-refractivity contribution in [1.29, 1.82) is 0 Å². The summed E-state index contributed by atoms with van der Waals surface area (Å²) in [6.45, 7) is 8.62. The number of aromatic nitrogens is 3. The number of alkyl halides is 3. The first kappa shape index (κ1) is 33.9. The summed E-state index contributed by atoms with van der Waals surface area (Å²) in [4.78, 5) is 35.3. The van der Waals surface area contributed by atoms with Crippen molar-refractivity contribution in [3.05, 3.63) is 71.4 Å². The molecule has 4 aromatic rings. The highest BCUT2D eigenvalue weighted by Crippen LogP contribution is 2.34. The van der Waals surface area contributed by atoms with Crippen molar-refractivity contribution in [2.45, 2.75) is 45.5 Å². The van der Waals surface area contributed by atoms with E-state index in [-0.39, 0.29) is 29.9 Å². The van der Waals surface area contributed by atoms with Gasteiger partial charge in [-0.2, -0.15) is 18.3 Å². The van der Waals surface area contributed by atoms with Crippen LogP contribution in [0, 0.1) is 0 Å². The van der Waals surface area contributed by atoms with Crippen LogP contribution in [0.5, 0.6) is 0 Å². The molecule has 1 fully saturated rings. The summed E-state index contributed by atoms with van der Waals surface area (Å²) in [7, 11) is 5.33. The van der Waals surface area contributed by atoms with Gasteiger partial charge in [0.15, 0.2) is 5.82 Å². The number of aryl methyl sites for hydroxylation is 1. The monoisotopic (exact) mass is 651 g/mol. The van der Waals surface area contributed by atoms with E-state index in [0.29, 0.717) is 24.6 Å². The Balaban J connectivity index is 1.27. The summed E-state index contributed by atoms with van der Waals surface area (Å²) in [5.74, 6) is 0.249. The van der Waals surface area contributed by atoms with Gasteiger partial charge in [0.25, 0.3) is 0 Å². The second-order valence-electron chi connectivity index (χ2n) is 13.0. The van der Waals surface area contributed by atoms with Gasteiger partial charge in [0.05, 0.1) is 17.7 Å². The number of anilines is 2. The Morgan fingerprint density at radius 2 is 1.68 bits per heavy atom. The van der Waals surface area contributed by atoms with Crippen molar-refractivity contribution < 1.29 is 27.5 Å². The van der Waals surface area contributed by atoms with Crippen LogP contribution in [0.25, 0.3) is 22.0 Å². The SMILES string of the molecule is CN1CCN(Cc2ccc(CC(=O)Nc3cc(-c4ccc5cc(N(C)C(=O)OC(C)(C)C)ncc5c4)n(C)n3)cc2C(F)(F)F)CC1. The third kappa shape index (κ3) is 8.46. The number of halogens is 3. The van der Waals surface area contributed by atoms with Crippen LogP contribution < -0.4 is 10.2 Å². The zero-order chi connectivity index (χ0) is 34.1. The summed E-state index contributed by atoms with van der Waals surface area (Å²) in [5, 5.41) is 8.80. The molecule has 0 unspecified atom stereocenters. The maximum absolute atomic E-state index is 14.0. The quantitative estimate of drug-likeness (QED) is 0.264. The number of likely N-dealkylation sites (N-methyl/N-ethyl adjacent to an activating group) is 1. The van der Waals surface area contributed by atoms with Gasteiger partial charge in [0.2, 0.25) is 5.91 Å². The molecule has 0 saturated carbocycles. The molecule has 0 radical (unpaired) electrons. The minimum absolute atomic E-state index is 0.206. The van der Waals surface area contributed by atoms with Gasteiger partial charge >= 0.3 is 12.3 Å². The number of benzene rings is 2. The maximum atomic E-state index is 14.0. The summed E-state index contributed by atoms with van der Waals surface area (Å²) in [6.07, 6.45) is -3.61. The van der Waals surface area contributed by atoms with Crippen LogP contribution in [-0.4, -0.2) is 82.4 Å². The molecule has 0 spiro atoms. The molecule has 0 aliphatic carbocycles. The molecule has 2 aromatic heterocycles. The fraction of sp³-hybridized carbons (Fsp3) is 0.412. The van der Waals surface area contributed by atoms with E-state index < -0.39 is 29.3 Å². The average Bonchev–Trinajstić information content (AvgIpc) is 3.36. The third-order valence-corrected chi connectivity index (χ3v) is 8.00. The molecule has 13 heteroatoms. The van der Waals surface area contributed by atoms with E-state index in [4.69, 9.17) is 4.74 Å². The van der Waals surface area contributed by atoms with Crippen LogP contribution >= 0.6 is 0 Å². The highest BCUT2D eigenvalue weighted by molar-refractivity contribution is 5.94.